The Morgan fingerprint density at radius 3 is 2.77 bits per heavy atom. The Morgan fingerprint density at radius 1 is 1.23 bits per heavy atom. The van der Waals surface area contributed by atoms with Crippen molar-refractivity contribution in [1.82, 2.24) is 14.8 Å². The van der Waals surface area contributed by atoms with Crippen LogP contribution in [-0.2, 0) is 6.54 Å². The van der Waals surface area contributed by atoms with Gasteiger partial charge in [0.05, 0.1) is 7.11 Å². The van der Waals surface area contributed by atoms with Gasteiger partial charge in [-0.1, -0.05) is 23.7 Å². The minimum absolute atomic E-state index is 0.0625. The summed E-state index contributed by atoms with van der Waals surface area (Å²) in [5.41, 5.74) is 2.87. The number of rotatable bonds is 7. The maximum atomic E-state index is 13.2. The summed E-state index contributed by atoms with van der Waals surface area (Å²) in [5.74, 6) is 1.34. The molecule has 1 atom stereocenters. The molecule has 1 amide bonds. The number of nitrogens with one attached hydrogen (secondary N) is 1. The molecule has 1 unspecified atom stereocenters. The average molecular weight is 440 g/mol. The Kier molecular flexibility index (Phi) is 6.83. The lowest BCUT2D eigenvalue weighted by Crippen LogP contribution is -2.42. The molecule has 2 heterocycles. The summed E-state index contributed by atoms with van der Waals surface area (Å²) >= 11 is 6.01. The number of aromatic amines is 1. The predicted octanol–water partition coefficient (Wildman–Crippen LogP) is 5.20. The summed E-state index contributed by atoms with van der Waals surface area (Å²) in [7, 11) is 1.65. The molecule has 1 aromatic heterocycles. The molecule has 6 heteroatoms. The van der Waals surface area contributed by atoms with Crippen LogP contribution in [0.1, 0.15) is 35.8 Å². The van der Waals surface area contributed by atoms with Crippen molar-refractivity contribution >= 4 is 28.4 Å². The van der Waals surface area contributed by atoms with Crippen LogP contribution in [0.5, 0.6) is 5.75 Å². The smallest absolute Gasteiger partial charge is 0.270 e. The van der Waals surface area contributed by atoms with E-state index in [9.17, 15) is 4.79 Å². The standard InChI is InChI=1S/C25H30ClN3O2/c1-3-29(25(30)24-14-20-13-22(31-2)10-11-23(20)27-24)17-19-5-4-12-28(16-19)15-18-6-8-21(26)9-7-18/h6-11,13-14,19,27H,3-5,12,15-17H2,1-2H3. The van der Waals surface area contributed by atoms with Gasteiger partial charge in [0.1, 0.15) is 11.4 Å². The number of piperidine rings is 1. The lowest BCUT2D eigenvalue weighted by atomic mass is 9.96. The van der Waals surface area contributed by atoms with E-state index in [0.717, 1.165) is 60.7 Å². The number of likely N-dealkylation sites (tertiary alicyclic amines) is 1. The van der Waals surface area contributed by atoms with Crippen LogP contribution >= 0.6 is 11.6 Å². The molecule has 1 aliphatic heterocycles. The zero-order valence-electron chi connectivity index (χ0n) is 18.2. The van der Waals surface area contributed by atoms with Crippen LogP contribution in [0.25, 0.3) is 10.9 Å². The van der Waals surface area contributed by atoms with Gasteiger partial charge in [0, 0.05) is 42.1 Å². The Bertz CT molecular complexity index is 1030. The van der Waals surface area contributed by atoms with Gasteiger partial charge in [0.25, 0.3) is 5.91 Å². The van der Waals surface area contributed by atoms with Gasteiger partial charge in [-0.25, -0.2) is 0 Å². The van der Waals surface area contributed by atoms with Gasteiger partial charge in [0.2, 0.25) is 0 Å². The summed E-state index contributed by atoms with van der Waals surface area (Å²) in [6.45, 7) is 6.57. The van der Waals surface area contributed by atoms with Gasteiger partial charge in [-0.05, 0) is 74.2 Å². The van der Waals surface area contributed by atoms with E-state index in [4.69, 9.17) is 16.3 Å². The Morgan fingerprint density at radius 2 is 2.03 bits per heavy atom. The van der Waals surface area contributed by atoms with Crippen molar-refractivity contribution in [3.05, 3.63) is 64.8 Å². The molecular weight excluding hydrogens is 410 g/mol. The molecule has 164 valence electrons. The second-order valence-electron chi connectivity index (χ2n) is 8.35. The Labute approximate surface area is 188 Å². The number of nitrogens with zero attached hydrogens (tertiary/aromatic N) is 2. The average Bonchev–Trinajstić information content (AvgIpc) is 3.22. The number of fused-ring (bicyclic) bond motifs is 1. The number of ether oxygens (including phenoxy) is 1. The summed E-state index contributed by atoms with van der Waals surface area (Å²) < 4.78 is 5.30. The number of carbonyl (C=O) groups is 1. The number of hydrogen-bond donors (Lipinski definition) is 1. The van der Waals surface area contributed by atoms with Gasteiger partial charge < -0.3 is 14.6 Å². The van der Waals surface area contributed by atoms with Crippen molar-refractivity contribution in [3.8, 4) is 5.75 Å². The summed E-state index contributed by atoms with van der Waals surface area (Å²) in [5, 5.41) is 1.76. The highest BCUT2D eigenvalue weighted by molar-refractivity contribution is 6.30. The summed E-state index contributed by atoms with van der Waals surface area (Å²) in [4.78, 5) is 21.0. The van der Waals surface area contributed by atoms with E-state index >= 15 is 0 Å². The number of methoxy groups -OCH3 is 1. The number of carbonyl (C=O) groups excluding carboxylic acids is 1. The fourth-order valence-electron chi connectivity index (χ4n) is 4.48. The maximum Gasteiger partial charge on any atom is 0.270 e. The van der Waals surface area contributed by atoms with Crippen molar-refractivity contribution in [2.24, 2.45) is 5.92 Å². The van der Waals surface area contributed by atoms with Gasteiger partial charge in [-0.2, -0.15) is 0 Å². The van der Waals surface area contributed by atoms with E-state index < -0.39 is 0 Å². The van der Waals surface area contributed by atoms with Crippen LogP contribution in [0.15, 0.2) is 48.5 Å². The quantitative estimate of drug-likeness (QED) is 0.550. The van der Waals surface area contributed by atoms with E-state index in [1.165, 1.54) is 5.56 Å². The molecule has 0 saturated carbocycles. The first kappa shape index (κ1) is 21.7. The molecule has 0 spiro atoms. The third-order valence-corrected chi connectivity index (χ3v) is 6.38. The third kappa shape index (κ3) is 5.23. The van der Waals surface area contributed by atoms with Crippen LogP contribution in [0.2, 0.25) is 5.02 Å². The normalized spacial score (nSPS) is 17.1. The highest BCUT2D eigenvalue weighted by Crippen LogP contribution is 2.24. The number of halogens is 1. The largest absolute Gasteiger partial charge is 0.497 e. The van der Waals surface area contributed by atoms with E-state index in [1.54, 1.807) is 7.11 Å². The maximum absolute atomic E-state index is 13.2. The molecular formula is C25H30ClN3O2. The molecule has 1 N–H and O–H groups in total. The zero-order valence-corrected chi connectivity index (χ0v) is 19.0. The van der Waals surface area contributed by atoms with E-state index in [0.29, 0.717) is 18.2 Å². The van der Waals surface area contributed by atoms with Crippen molar-refractivity contribution in [2.45, 2.75) is 26.3 Å². The monoisotopic (exact) mass is 439 g/mol. The van der Waals surface area contributed by atoms with E-state index in [-0.39, 0.29) is 5.91 Å². The first-order chi connectivity index (χ1) is 15.1. The van der Waals surface area contributed by atoms with Gasteiger partial charge >= 0.3 is 0 Å². The number of hydrogen-bond acceptors (Lipinski definition) is 3. The van der Waals surface area contributed by atoms with Crippen molar-refractivity contribution in [3.63, 3.8) is 0 Å². The van der Waals surface area contributed by atoms with E-state index in [1.807, 2.05) is 41.3 Å². The van der Waals surface area contributed by atoms with Crippen LogP contribution in [0.4, 0.5) is 0 Å². The highest BCUT2D eigenvalue weighted by Gasteiger charge is 2.25. The molecule has 0 bridgehead atoms. The van der Waals surface area contributed by atoms with Crippen molar-refractivity contribution in [1.29, 1.82) is 0 Å². The summed E-state index contributed by atoms with van der Waals surface area (Å²) in [6, 6.07) is 15.8. The Hall–Kier alpha value is -2.50. The molecule has 31 heavy (non-hydrogen) atoms. The highest BCUT2D eigenvalue weighted by atomic mass is 35.5. The molecule has 2 aromatic carbocycles. The number of benzene rings is 2. The van der Waals surface area contributed by atoms with Crippen LogP contribution in [0, 0.1) is 5.92 Å². The molecule has 3 aromatic rings. The number of H-pyrrole nitrogens is 1. The SMILES string of the molecule is CCN(CC1CCCN(Cc2ccc(Cl)cc2)C1)C(=O)c1cc2cc(OC)ccc2[nH]1. The first-order valence-electron chi connectivity index (χ1n) is 11.0. The molecule has 1 aliphatic rings. The van der Waals surface area contributed by atoms with Crippen LogP contribution in [0.3, 0.4) is 0 Å². The van der Waals surface area contributed by atoms with Crippen molar-refractivity contribution < 1.29 is 9.53 Å². The minimum atomic E-state index is 0.0625. The molecule has 1 fully saturated rings. The molecule has 0 aliphatic carbocycles. The number of amides is 1. The predicted molar refractivity (Wildman–Crippen MR) is 126 cm³/mol. The first-order valence-corrected chi connectivity index (χ1v) is 11.4. The minimum Gasteiger partial charge on any atom is -0.497 e. The lowest BCUT2D eigenvalue weighted by Gasteiger charge is -2.35. The second-order valence-corrected chi connectivity index (χ2v) is 8.79. The number of aromatic nitrogens is 1. The second kappa shape index (κ2) is 9.75. The molecule has 0 radical (unpaired) electrons. The fourth-order valence-corrected chi connectivity index (χ4v) is 4.61. The van der Waals surface area contributed by atoms with Gasteiger partial charge in [-0.15, -0.1) is 0 Å². The molecule has 4 rings (SSSR count). The fraction of sp³-hybridized carbons (Fsp3) is 0.400. The van der Waals surface area contributed by atoms with Gasteiger partial charge in [-0.3, -0.25) is 9.69 Å². The van der Waals surface area contributed by atoms with Crippen LogP contribution < -0.4 is 4.74 Å². The summed E-state index contributed by atoms with van der Waals surface area (Å²) in [6.07, 6.45) is 2.32. The Balaban J connectivity index is 1.40. The van der Waals surface area contributed by atoms with E-state index in [2.05, 4.69) is 28.9 Å². The topological polar surface area (TPSA) is 48.6 Å². The zero-order chi connectivity index (χ0) is 21.8. The van der Waals surface area contributed by atoms with Gasteiger partial charge in [0.15, 0.2) is 0 Å². The molecule has 1 saturated heterocycles. The van der Waals surface area contributed by atoms with Crippen molar-refractivity contribution in [2.75, 3.05) is 33.3 Å². The third-order valence-electron chi connectivity index (χ3n) is 6.13. The van der Waals surface area contributed by atoms with Crippen LogP contribution in [-0.4, -0.2) is 54.0 Å². The lowest BCUT2D eigenvalue weighted by molar-refractivity contribution is 0.0680. The molecule has 5 nitrogen and oxygen atoms in total.